The summed E-state index contributed by atoms with van der Waals surface area (Å²) in [4.78, 5) is 15.7. The Morgan fingerprint density at radius 2 is 1.80 bits per heavy atom. The van der Waals surface area contributed by atoms with E-state index in [4.69, 9.17) is 16.7 Å². The lowest BCUT2D eigenvalue weighted by Crippen LogP contribution is -2.04. The van der Waals surface area contributed by atoms with Crippen LogP contribution in [-0.4, -0.2) is 21.8 Å². The molecule has 0 saturated heterocycles. The Bertz CT molecular complexity index is 1500. The summed E-state index contributed by atoms with van der Waals surface area (Å²) in [6, 6.07) is 21.2. The van der Waals surface area contributed by atoms with E-state index in [1.165, 1.54) is 17.7 Å². The van der Waals surface area contributed by atoms with Crippen molar-refractivity contribution in [1.82, 2.24) is 4.98 Å². The van der Waals surface area contributed by atoms with Gasteiger partial charge in [0.1, 0.15) is 5.82 Å². The third-order valence-corrected chi connectivity index (χ3v) is 7.48. The van der Waals surface area contributed by atoms with E-state index in [-0.39, 0.29) is 16.7 Å². The van der Waals surface area contributed by atoms with Gasteiger partial charge in [0, 0.05) is 11.1 Å². The molecule has 1 N–H and O–H groups in total. The van der Waals surface area contributed by atoms with Crippen molar-refractivity contribution in [3.8, 4) is 0 Å². The van der Waals surface area contributed by atoms with Gasteiger partial charge in [0.05, 0.1) is 27.9 Å². The van der Waals surface area contributed by atoms with Crippen LogP contribution in [0.2, 0.25) is 5.02 Å². The second-order valence-electron chi connectivity index (χ2n) is 8.27. The van der Waals surface area contributed by atoms with Gasteiger partial charge in [-0.25, -0.2) is 9.37 Å². The Labute approximate surface area is 212 Å². The van der Waals surface area contributed by atoms with Gasteiger partial charge in [0.15, 0.2) is 0 Å². The van der Waals surface area contributed by atoms with Crippen molar-refractivity contribution in [2.45, 2.75) is 11.7 Å². The molecule has 1 aliphatic rings. The lowest BCUT2D eigenvalue weighted by atomic mass is 9.97. The number of carboxylic acid groups (broad SMARTS) is 1. The zero-order valence-corrected chi connectivity index (χ0v) is 20.2. The van der Waals surface area contributed by atoms with Gasteiger partial charge in [-0.1, -0.05) is 72.3 Å². The van der Waals surface area contributed by atoms with Gasteiger partial charge in [-0.05, 0) is 58.2 Å². The number of thioether (sulfide) groups is 1. The van der Waals surface area contributed by atoms with Gasteiger partial charge < -0.3 is 5.11 Å². The molecule has 0 bridgehead atoms. The monoisotopic (exact) mass is 501 g/mol. The molecule has 4 aromatic rings. The van der Waals surface area contributed by atoms with Crippen LogP contribution >= 0.6 is 23.4 Å². The van der Waals surface area contributed by atoms with Crippen molar-refractivity contribution >= 4 is 64.5 Å². The Morgan fingerprint density at radius 3 is 2.63 bits per heavy atom. The number of nitrogens with zero attached hydrogens (tertiary/aromatic N) is 1. The molecular formula is C29H21ClFNO2S. The van der Waals surface area contributed by atoms with E-state index in [9.17, 15) is 9.18 Å². The van der Waals surface area contributed by atoms with E-state index in [1.54, 1.807) is 11.8 Å². The zero-order valence-electron chi connectivity index (χ0n) is 18.6. The van der Waals surface area contributed by atoms with Gasteiger partial charge in [0.25, 0.3) is 0 Å². The van der Waals surface area contributed by atoms with Crippen LogP contribution in [0.1, 0.15) is 45.2 Å². The summed E-state index contributed by atoms with van der Waals surface area (Å²) in [5.41, 5.74) is 6.98. The molecule has 1 aromatic heterocycles. The average Bonchev–Trinajstić information content (AvgIpc) is 3.00. The molecule has 3 nitrogen and oxygen atoms in total. The quantitative estimate of drug-likeness (QED) is 0.291. The van der Waals surface area contributed by atoms with Crippen molar-refractivity contribution in [2.75, 3.05) is 5.75 Å². The molecule has 3 aromatic carbocycles. The molecule has 1 atom stereocenters. The summed E-state index contributed by atoms with van der Waals surface area (Å²) >= 11 is 7.57. The smallest absolute Gasteiger partial charge is 0.304 e. The minimum absolute atomic E-state index is 0.0275. The number of hydrogen-bond donors (Lipinski definition) is 1. The predicted octanol–water partition coefficient (Wildman–Crippen LogP) is 7.98. The largest absolute Gasteiger partial charge is 0.481 e. The van der Waals surface area contributed by atoms with E-state index in [0.29, 0.717) is 16.7 Å². The first-order chi connectivity index (χ1) is 17.0. The number of halogens is 2. The Kier molecular flexibility index (Phi) is 6.71. The second-order valence-corrected chi connectivity index (χ2v) is 9.89. The molecule has 0 aliphatic heterocycles. The summed E-state index contributed by atoms with van der Waals surface area (Å²) in [6.45, 7) is 0. The van der Waals surface area contributed by atoms with Crippen LogP contribution in [0.5, 0.6) is 0 Å². The van der Waals surface area contributed by atoms with Crippen LogP contribution in [0.3, 0.4) is 0 Å². The Balaban J connectivity index is 1.48. The summed E-state index contributed by atoms with van der Waals surface area (Å²) in [5, 5.41) is 9.91. The van der Waals surface area contributed by atoms with Gasteiger partial charge in [-0.15, -0.1) is 11.8 Å². The van der Waals surface area contributed by atoms with Crippen LogP contribution in [0, 0.1) is 5.82 Å². The summed E-state index contributed by atoms with van der Waals surface area (Å²) in [5.74, 6) is -0.722. The zero-order chi connectivity index (χ0) is 24.4. The van der Waals surface area contributed by atoms with E-state index in [2.05, 4.69) is 47.5 Å². The first-order valence-electron chi connectivity index (χ1n) is 11.2. The topological polar surface area (TPSA) is 50.2 Å². The highest BCUT2D eigenvalue weighted by molar-refractivity contribution is 7.99. The highest BCUT2D eigenvalue weighted by Crippen LogP contribution is 2.42. The van der Waals surface area contributed by atoms with Crippen molar-refractivity contribution in [1.29, 1.82) is 0 Å². The standard InChI is InChI=1S/C29H21ClFNO2S/c30-25-17-27-21(16-26(25)31)10-12-22(32-27)11-6-18-5-7-20-9-8-19-3-1-2-4-23(19)29(24(20)15-18)35-14-13-28(33)34/h1-12,15-17,29H,13-14H2,(H,33,34). The number of rotatable bonds is 6. The summed E-state index contributed by atoms with van der Waals surface area (Å²) in [7, 11) is 0. The van der Waals surface area contributed by atoms with Crippen molar-refractivity contribution in [2.24, 2.45) is 0 Å². The van der Waals surface area contributed by atoms with Gasteiger partial charge in [-0.2, -0.15) is 0 Å². The third-order valence-electron chi connectivity index (χ3n) is 5.91. The Hall–Kier alpha value is -3.41. The van der Waals surface area contributed by atoms with Gasteiger partial charge in [-0.3, -0.25) is 4.79 Å². The molecule has 1 unspecified atom stereocenters. The molecule has 0 fully saturated rings. The fraction of sp³-hybridized carbons (Fsp3) is 0.103. The number of benzene rings is 3. The SMILES string of the molecule is O=C(O)CCSC1c2ccccc2C=Cc2ccc(C=Cc3ccc4cc(F)c(Cl)cc4n3)cc21. The normalized spacial score (nSPS) is 14.6. The number of fused-ring (bicyclic) bond motifs is 3. The highest BCUT2D eigenvalue weighted by Gasteiger charge is 2.22. The predicted molar refractivity (Wildman–Crippen MR) is 144 cm³/mol. The van der Waals surface area contributed by atoms with Crippen LogP contribution < -0.4 is 0 Å². The van der Waals surface area contributed by atoms with E-state index in [0.717, 1.165) is 27.9 Å². The van der Waals surface area contributed by atoms with E-state index in [1.807, 2.05) is 36.4 Å². The highest BCUT2D eigenvalue weighted by atomic mass is 35.5. The molecule has 5 rings (SSSR count). The maximum Gasteiger partial charge on any atom is 0.304 e. The van der Waals surface area contributed by atoms with Crippen molar-refractivity contribution in [3.63, 3.8) is 0 Å². The number of aromatic nitrogens is 1. The fourth-order valence-electron chi connectivity index (χ4n) is 4.18. The molecule has 0 amide bonds. The van der Waals surface area contributed by atoms with Crippen LogP contribution in [0.4, 0.5) is 4.39 Å². The number of carboxylic acids is 1. The van der Waals surface area contributed by atoms with Crippen molar-refractivity contribution < 1.29 is 14.3 Å². The van der Waals surface area contributed by atoms with E-state index >= 15 is 0 Å². The van der Waals surface area contributed by atoms with Crippen molar-refractivity contribution in [3.05, 3.63) is 111 Å². The number of pyridine rings is 1. The van der Waals surface area contributed by atoms with Gasteiger partial charge in [0.2, 0.25) is 0 Å². The minimum atomic E-state index is -0.790. The summed E-state index contributed by atoms with van der Waals surface area (Å²) < 4.78 is 13.7. The molecule has 1 heterocycles. The van der Waals surface area contributed by atoms with Crippen LogP contribution in [-0.2, 0) is 4.79 Å². The molecule has 0 radical (unpaired) electrons. The molecule has 1 aliphatic carbocycles. The maximum atomic E-state index is 13.7. The first kappa shape index (κ1) is 23.3. The van der Waals surface area contributed by atoms with Gasteiger partial charge >= 0.3 is 5.97 Å². The molecular weight excluding hydrogens is 481 g/mol. The molecule has 0 saturated carbocycles. The van der Waals surface area contributed by atoms with Crippen LogP contribution in [0.25, 0.3) is 35.2 Å². The molecule has 0 spiro atoms. The maximum absolute atomic E-state index is 13.7. The molecule has 35 heavy (non-hydrogen) atoms. The third kappa shape index (κ3) is 5.16. The molecule has 6 heteroatoms. The fourth-order valence-corrected chi connectivity index (χ4v) is 5.64. The number of aliphatic carboxylic acids is 1. The van der Waals surface area contributed by atoms with E-state index < -0.39 is 11.8 Å². The first-order valence-corrected chi connectivity index (χ1v) is 12.6. The minimum Gasteiger partial charge on any atom is -0.481 e. The lowest BCUT2D eigenvalue weighted by molar-refractivity contribution is -0.136. The average molecular weight is 502 g/mol. The number of hydrogen-bond acceptors (Lipinski definition) is 3. The number of carbonyl (C=O) groups is 1. The molecule has 174 valence electrons. The lowest BCUT2D eigenvalue weighted by Gasteiger charge is -2.20. The van der Waals surface area contributed by atoms with Crippen LogP contribution in [0.15, 0.2) is 66.7 Å². The summed E-state index contributed by atoms with van der Waals surface area (Å²) in [6.07, 6.45) is 8.28. The Morgan fingerprint density at radius 1 is 1.00 bits per heavy atom. The second kappa shape index (κ2) is 10.1.